The smallest absolute Gasteiger partial charge is 0.242 e. The number of carbonyl (C=O) groups excluding carboxylic acids is 1. The summed E-state index contributed by atoms with van der Waals surface area (Å²) in [6.45, 7) is 5.43. The van der Waals surface area contributed by atoms with Crippen molar-refractivity contribution in [2.75, 3.05) is 26.0 Å². The molecular formula is C16H26Cl2FN3O. The molecule has 0 bridgehead atoms. The lowest BCUT2D eigenvalue weighted by Gasteiger charge is -2.27. The average Bonchev–Trinajstić information content (AvgIpc) is 2.41. The molecule has 1 amide bonds. The molecule has 1 aromatic rings. The number of rotatable bonds is 4. The Morgan fingerprint density at radius 2 is 1.96 bits per heavy atom. The summed E-state index contributed by atoms with van der Waals surface area (Å²) in [7, 11) is 3.72. The zero-order chi connectivity index (χ0) is 15.6. The number of likely N-dealkylation sites (N-methyl/N-ethyl adjacent to an activating group) is 1. The van der Waals surface area contributed by atoms with E-state index < -0.39 is 0 Å². The number of fused-ring (bicyclic) bond motifs is 1. The van der Waals surface area contributed by atoms with Crippen molar-refractivity contribution in [2.24, 2.45) is 5.92 Å². The topological polar surface area (TPSA) is 44.4 Å². The summed E-state index contributed by atoms with van der Waals surface area (Å²) in [5.41, 5.74) is 1.98. The molecule has 0 saturated heterocycles. The molecule has 7 heteroatoms. The number of nitrogens with zero attached hydrogens (tertiary/aromatic N) is 1. The van der Waals surface area contributed by atoms with Gasteiger partial charge in [-0.1, -0.05) is 19.9 Å². The molecule has 132 valence electrons. The van der Waals surface area contributed by atoms with Crippen LogP contribution in [0, 0.1) is 11.7 Å². The molecule has 2 rings (SSSR count). The molecule has 1 atom stereocenters. The molecule has 2 N–H and O–H groups in total. The Kier molecular flexibility index (Phi) is 9.06. The third-order valence-electron chi connectivity index (χ3n) is 3.92. The maximum Gasteiger partial charge on any atom is 0.242 e. The van der Waals surface area contributed by atoms with E-state index in [2.05, 4.69) is 10.6 Å². The van der Waals surface area contributed by atoms with Crippen molar-refractivity contribution >= 4 is 36.4 Å². The highest BCUT2D eigenvalue weighted by Crippen LogP contribution is 2.25. The zero-order valence-electron chi connectivity index (χ0n) is 14.0. The lowest BCUT2D eigenvalue weighted by molar-refractivity contribution is -0.121. The number of carbonyl (C=O) groups is 1. The second-order valence-electron chi connectivity index (χ2n) is 6.13. The van der Waals surface area contributed by atoms with Gasteiger partial charge in [-0.25, -0.2) is 4.39 Å². The van der Waals surface area contributed by atoms with Gasteiger partial charge in [0, 0.05) is 6.54 Å². The molecule has 0 fully saturated rings. The van der Waals surface area contributed by atoms with Crippen molar-refractivity contribution < 1.29 is 9.18 Å². The standard InChI is InChI=1S/C16H24FN3O.2ClH/c1-10(2)15(20(3)4)16(21)19-13-6-5-11-9-18-8-7-12(11)14(13)17;;/h5-6,10,15,18H,7-9H2,1-4H3,(H,19,21);2*1H/t15-;;/m1../s1. The van der Waals surface area contributed by atoms with Crippen LogP contribution in [0.4, 0.5) is 10.1 Å². The molecule has 0 aromatic heterocycles. The minimum absolute atomic E-state index is 0. The fourth-order valence-corrected chi connectivity index (χ4v) is 2.97. The lowest BCUT2D eigenvalue weighted by Crippen LogP contribution is -2.43. The normalized spacial score (nSPS) is 14.6. The van der Waals surface area contributed by atoms with Gasteiger partial charge in [-0.2, -0.15) is 0 Å². The Labute approximate surface area is 150 Å². The molecule has 0 radical (unpaired) electrons. The highest BCUT2D eigenvalue weighted by molar-refractivity contribution is 5.95. The van der Waals surface area contributed by atoms with Crippen LogP contribution in [0.3, 0.4) is 0 Å². The first-order valence-electron chi connectivity index (χ1n) is 7.40. The molecule has 0 unspecified atom stereocenters. The predicted molar refractivity (Wildman–Crippen MR) is 97.2 cm³/mol. The molecule has 0 aliphatic carbocycles. The monoisotopic (exact) mass is 365 g/mol. The SMILES string of the molecule is CC(C)[C@H](C(=O)Nc1ccc2c(c1F)CCNC2)N(C)C.Cl.Cl. The third kappa shape index (κ3) is 5.05. The van der Waals surface area contributed by atoms with Crippen molar-refractivity contribution in [3.8, 4) is 0 Å². The molecule has 1 aliphatic heterocycles. The highest BCUT2D eigenvalue weighted by atomic mass is 35.5. The highest BCUT2D eigenvalue weighted by Gasteiger charge is 2.26. The molecule has 1 aliphatic rings. The van der Waals surface area contributed by atoms with E-state index in [0.29, 0.717) is 13.0 Å². The van der Waals surface area contributed by atoms with Crippen molar-refractivity contribution in [1.29, 1.82) is 0 Å². The number of hydrogen-bond acceptors (Lipinski definition) is 3. The van der Waals surface area contributed by atoms with Crippen LogP contribution in [0.5, 0.6) is 0 Å². The quantitative estimate of drug-likeness (QED) is 0.861. The number of benzene rings is 1. The summed E-state index contributed by atoms with van der Waals surface area (Å²) in [5.74, 6) is -0.295. The molecule has 0 saturated carbocycles. The molecule has 1 heterocycles. The Hall–Kier alpha value is -0.880. The van der Waals surface area contributed by atoms with E-state index in [9.17, 15) is 9.18 Å². The van der Waals surface area contributed by atoms with E-state index in [-0.39, 0.29) is 54.2 Å². The van der Waals surface area contributed by atoms with Gasteiger partial charge in [0.1, 0.15) is 5.82 Å². The molecule has 4 nitrogen and oxygen atoms in total. The van der Waals surface area contributed by atoms with Gasteiger partial charge in [-0.05, 0) is 50.2 Å². The average molecular weight is 366 g/mol. The maximum absolute atomic E-state index is 14.5. The van der Waals surface area contributed by atoms with Crippen molar-refractivity contribution in [3.05, 3.63) is 29.1 Å². The van der Waals surface area contributed by atoms with Crippen LogP contribution in [0.2, 0.25) is 0 Å². The number of amides is 1. The van der Waals surface area contributed by atoms with Crippen LogP contribution in [-0.2, 0) is 17.8 Å². The van der Waals surface area contributed by atoms with Crippen LogP contribution >= 0.6 is 24.8 Å². The van der Waals surface area contributed by atoms with Gasteiger partial charge in [0.15, 0.2) is 0 Å². The van der Waals surface area contributed by atoms with Crippen LogP contribution in [0.1, 0.15) is 25.0 Å². The Bertz CT molecular complexity index is 530. The summed E-state index contributed by atoms with van der Waals surface area (Å²) in [5, 5.41) is 5.96. The molecular weight excluding hydrogens is 340 g/mol. The fraction of sp³-hybridized carbons (Fsp3) is 0.562. The number of nitrogens with one attached hydrogen (secondary N) is 2. The van der Waals surface area contributed by atoms with Crippen LogP contribution in [0.25, 0.3) is 0 Å². The van der Waals surface area contributed by atoms with E-state index >= 15 is 0 Å². The van der Waals surface area contributed by atoms with E-state index in [1.807, 2.05) is 38.9 Å². The summed E-state index contributed by atoms with van der Waals surface area (Å²) in [6.07, 6.45) is 0.659. The number of anilines is 1. The lowest BCUT2D eigenvalue weighted by atomic mass is 9.98. The summed E-state index contributed by atoms with van der Waals surface area (Å²) in [4.78, 5) is 14.2. The zero-order valence-corrected chi connectivity index (χ0v) is 15.6. The molecule has 1 aromatic carbocycles. The summed E-state index contributed by atoms with van der Waals surface area (Å²) in [6, 6.07) is 3.27. The Morgan fingerprint density at radius 3 is 2.52 bits per heavy atom. The first kappa shape index (κ1) is 22.1. The summed E-state index contributed by atoms with van der Waals surface area (Å²) < 4.78 is 14.5. The first-order valence-corrected chi connectivity index (χ1v) is 7.40. The van der Waals surface area contributed by atoms with Gasteiger partial charge in [0.2, 0.25) is 5.91 Å². The largest absolute Gasteiger partial charge is 0.322 e. The van der Waals surface area contributed by atoms with E-state index in [4.69, 9.17) is 0 Å². The van der Waals surface area contributed by atoms with E-state index in [0.717, 1.165) is 17.7 Å². The van der Waals surface area contributed by atoms with Gasteiger partial charge in [0.25, 0.3) is 0 Å². The Balaban J connectivity index is 0.00000242. The fourth-order valence-electron chi connectivity index (χ4n) is 2.97. The van der Waals surface area contributed by atoms with Gasteiger partial charge in [-0.3, -0.25) is 9.69 Å². The van der Waals surface area contributed by atoms with E-state index in [1.54, 1.807) is 6.07 Å². The first-order chi connectivity index (χ1) is 9.91. The van der Waals surface area contributed by atoms with Gasteiger partial charge >= 0.3 is 0 Å². The number of halogens is 3. The number of hydrogen-bond donors (Lipinski definition) is 2. The van der Waals surface area contributed by atoms with Crippen LogP contribution in [-0.4, -0.2) is 37.5 Å². The third-order valence-corrected chi connectivity index (χ3v) is 3.92. The van der Waals surface area contributed by atoms with Crippen LogP contribution < -0.4 is 10.6 Å². The minimum Gasteiger partial charge on any atom is -0.322 e. The second-order valence-corrected chi connectivity index (χ2v) is 6.13. The summed E-state index contributed by atoms with van der Waals surface area (Å²) >= 11 is 0. The van der Waals surface area contributed by atoms with Gasteiger partial charge in [-0.15, -0.1) is 24.8 Å². The Morgan fingerprint density at radius 1 is 1.30 bits per heavy atom. The maximum atomic E-state index is 14.5. The van der Waals surface area contributed by atoms with Gasteiger partial charge in [0.05, 0.1) is 11.7 Å². The van der Waals surface area contributed by atoms with E-state index in [1.165, 1.54) is 0 Å². The molecule has 23 heavy (non-hydrogen) atoms. The minimum atomic E-state index is -0.288. The molecule has 0 spiro atoms. The van der Waals surface area contributed by atoms with Crippen molar-refractivity contribution in [2.45, 2.75) is 32.9 Å². The second kappa shape index (κ2) is 9.42. The van der Waals surface area contributed by atoms with Crippen molar-refractivity contribution in [1.82, 2.24) is 10.2 Å². The van der Waals surface area contributed by atoms with Gasteiger partial charge < -0.3 is 10.6 Å². The van der Waals surface area contributed by atoms with Crippen LogP contribution in [0.15, 0.2) is 12.1 Å². The van der Waals surface area contributed by atoms with Crippen molar-refractivity contribution in [3.63, 3.8) is 0 Å². The predicted octanol–water partition coefficient (Wildman–Crippen LogP) is 2.84.